The smallest absolute Gasteiger partial charge is 0.277 e. The Kier molecular flexibility index (Phi) is 7.21. The van der Waals surface area contributed by atoms with E-state index in [1.807, 2.05) is 79.9 Å². The summed E-state index contributed by atoms with van der Waals surface area (Å²) in [5.74, 6) is 0.886. The lowest BCUT2D eigenvalue weighted by molar-refractivity contribution is -0.126. The molecule has 2 aromatic carbocycles. The van der Waals surface area contributed by atoms with Crippen molar-refractivity contribution in [3.8, 4) is 17.2 Å². The Morgan fingerprint density at radius 3 is 2.44 bits per heavy atom. The predicted molar refractivity (Wildman–Crippen MR) is 143 cm³/mol. The first-order chi connectivity index (χ1) is 17.2. The van der Waals surface area contributed by atoms with E-state index in [0.29, 0.717) is 23.1 Å². The first kappa shape index (κ1) is 25.1. The van der Waals surface area contributed by atoms with Gasteiger partial charge >= 0.3 is 0 Å². The lowest BCUT2D eigenvalue weighted by atomic mass is 9.91. The van der Waals surface area contributed by atoms with Crippen molar-refractivity contribution in [1.82, 2.24) is 14.1 Å². The number of aromatic nitrogens is 3. The number of benzene rings is 2. The first-order valence-electron chi connectivity index (χ1n) is 12.4. The number of unbranched alkanes of at least 4 members (excludes halogenated alkanes) is 1. The largest absolute Gasteiger partial charge is 0.319 e. The van der Waals surface area contributed by atoms with Crippen LogP contribution in [0.15, 0.2) is 65.6 Å². The Balaban J connectivity index is 1.73. The molecule has 0 saturated heterocycles. The van der Waals surface area contributed by atoms with Crippen LogP contribution in [0.2, 0.25) is 0 Å². The van der Waals surface area contributed by atoms with E-state index in [0.717, 1.165) is 41.8 Å². The number of fused-ring (bicyclic) bond motifs is 1. The van der Waals surface area contributed by atoms with E-state index in [2.05, 4.69) is 13.0 Å². The summed E-state index contributed by atoms with van der Waals surface area (Å²) in [6.07, 6.45) is 4.46. The highest BCUT2D eigenvalue weighted by molar-refractivity contribution is 5.84. The summed E-state index contributed by atoms with van der Waals surface area (Å²) in [7, 11) is 0. The third-order valence-corrected chi connectivity index (χ3v) is 6.51. The molecule has 0 spiro atoms. The zero-order chi connectivity index (χ0) is 25.9. The predicted octanol–water partition coefficient (Wildman–Crippen LogP) is 5.74. The van der Waals surface area contributed by atoms with E-state index in [9.17, 15) is 14.9 Å². The lowest BCUT2D eigenvalue weighted by Crippen LogP contribution is -2.31. The van der Waals surface area contributed by atoms with Crippen molar-refractivity contribution in [3.05, 3.63) is 88.1 Å². The molecule has 4 rings (SSSR count). The topological polar surface area (TPSA) is 80.7 Å². The van der Waals surface area contributed by atoms with Gasteiger partial charge in [-0.25, -0.2) is 4.98 Å². The van der Waals surface area contributed by atoms with Gasteiger partial charge in [-0.15, -0.1) is 0 Å². The fraction of sp³-hybridized carbons (Fsp3) is 0.333. The number of hydrogen-bond acceptors (Lipinski definition) is 4. The summed E-state index contributed by atoms with van der Waals surface area (Å²) in [5, 5.41) is 9.44. The number of pyridine rings is 1. The molecular formula is C30H32N4O2. The van der Waals surface area contributed by atoms with Gasteiger partial charge in [-0.05, 0) is 35.2 Å². The normalized spacial score (nSPS) is 11.5. The fourth-order valence-corrected chi connectivity index (χ4v) is 4.24. The van der Waals surface area contributed by atoms with E-state index < -0.39 is 5.41 Å². The minimum atomic E-state index is -0.521. The molecule has 6 nitrogen and oxygen atoms in total. The van der Waals surface area contributed by atoms with E-state index in [1.165, 1.54) is 4.57 Å². The molecule has 0 bridgehead atoms. The zero-order valence-corrected chi connectivity index (χ0v) is 21.4. The first-order valence-corrected chi connectivity index (χ1v) is 12.4. The molecule has 0 N–H and O–H groups in total. The van der Waals surface area contributed by atoms with Gasteiger partial charge < -0.3 is 9.13 Å². The van der Waals surface area contributed by atoms with Crippen molar-refractivity contribution in [1.29, 1.82) is 5.26 Å². The lowest BCUT2D eigenvalue weighted by Gasteiger charge is -2.17. The van der Waals surface area contributed by atoms with Gasteiger partial charge in [0.25, 0.3) is 5.56 Å². The number of aryl methyl sites for hydroxylation is 1. The molecule has 0 fully saturated rings. The van der Waals surface area contributed by atoms with Gasteiger partial charge in [-0.3, -0.25) is 9.59 Å². The molecular weight excluding hydrogens is 448 g/mol. The molecule has 184 valence electrons. The van der Waals surface area contributed by atoms with Gasteiger partial charge in [-0.2, -0.15) is 5.26 Å². The Morgan fingerprint density at radius 1 is 1.06 bits per heavy atom. The fourth-order valence-electron chi connectivity index (χ4n) is 4.24. The number of hydrogen-bond donors (Lipinski definition) is 0. The highest BCUT2D eigenvalue weighted by atomic mass is 16.1. The van der Waals surface area contributed by atoms with Crippen LogP contribution < -0.4 is 5.56 Å². The Bertz CT molecular complexity index is 1500. The number of imidazole rings is 1. The van der Waals surface area contributed by atoms with Crippen LogP contribution in [0.5, 0.6) is 0 Å². The second-order valence-electron chi connectivity index (χ2n) is 10.2. The maximum atomic E-state index is 13.5. The third-order valence-electron chi connectivity index (χ3n) is 6.51. The number of nitrogens with zero attached hydrogens (tertiary/aromatic N) is 4. The minimum absolute atomic E-state index is 0.00876. The number of ketones is 1. The summed E-state index contributed by atoms with van der Waals surface area (Å²) >= 11 is 0. The molecule has 0 aliphatic carbocycles. The summed E-state index contributed by atoms with van der Waals surface area (Å²) < 4.78 is 3.50. The molecule has 0 amide bonds. The molecule has 0 atom stereocenters. The van der Waals surface area contributed by atoms with Crippen LogP contribution in [0, 0.1) is 16.7 Å². The van der Waals surface area contributed by atoms with Crippen LogP contribution in [0.3, 0.4) is 0 Å². The number of rotatable bonds is 8. The van der Waals surface area contributed by atoms with Crippen LogP contribution in [-0.4, -0.2) is 19.9 Å². The maximum absolute atomic E-state index is 13.5. The molecule has 6 heteroatoms. The van der Waals surface area contributed by atoms with Gasteiger partial charge in [0, 0.05) is 24.6 Å². The van der Waals surface area contributed by atoms with Crippen molar-refractivity contribution in [2.75, 3.05) is 0 Å². The molecule has 0 aliphatic rings. The molecule has 0 saturated carbocycles. The summed E-state index contributed by atoms with van der Waals surface area (Å²) in [6.45, 7) is 8.28. The summed E-state index contributed by atoms with van der Waals surface area (Å²) in [4.78, 5) is 30.9. The number of nitriles is 1. The number of Topliss-reactive ketones (excluding diaryl/α,β-unsaturated/α-hetero) is 1. The van der Waals surface area contributed by atoms with Crippen LogP contribution in [-0.2, 0) is 24.3 Å². The standard InChI is InChI=1S/C30H32N4O2/c1-5-6-11-27-32-25-16-17-33(20-26(35)30(2,3)4)29(36)28(25)34(27)19-21-12-14-22(15-13-21)24-10-8-7-9-23(24)18-31/h7-10,12-17H,5-6,11,19-20H2,1-4H3. The maximum Gasteiger partial charge on any atom is 0.277 e. The molecule has 4 aromatic rings. The Labute approximate surface area is 211 Å². The van der Waals surface area contributed by atoms with E-state index in [1.54, 1.807) is 6.20 Å². The van der Waals surface area contributed by atoms with Crippen molar-refractivity contribution < 1.29 is 4.79 Å². The van der Waals surface area contributed by atoms with Gasteiger partial charge in [0.15, 0.2) is 5.78 Å². The van der Waals surface area contributed by atoms with Gasteiger partial charge in [-0.1, -0.05) is 76.6 Å². The molecule has 0 unspecified atom stereocenters. The van der Waals surface area contributed by atoms with Crippen LogP contribution in [0.1, 0.15) is 57.5 Å². The van der Waals surface area contributed by atoms with Crippen LogP contribution in [0.25, 0.3) is 22.2 Å². The third kappa shape index (κ3) is 5.16. The monoisotopic (exact) mass is 480 g/mol. The zero-order valence-electron chi connectivity index (χ0n) is 21.4. The van der Waals surface area contributed by atoms with Gasteiger partial charge in [0.1, 0.15) is 11.3 Å². The number of carbonyl (C=O) groups is 1. The van der Waals surface area contributed by atoms with Gasteiger partial charge in [0.05, 0.1) is 23.7 Å². The molecule has 0 radical (unpaired) electrons. The van der Waals surface area contributed by atoms with E-state index in [4.69, 9.17) is 4.98 Å². The average molecular weight is 481 g/mol. The van der Waals surface area contributed by atoms with E-state index in [-0.39, 0.29) is 17.9 Å². The molecule has 2 aromatic heterocycles. The average Bonchev–Trinajstić information content (AvgIpc) is 3.22. The summed E-state index contributed by atoms with van der Waals surface area (Å²) in [5.41, 5.74) is 4.01. The highest BCUT2D eigenvalue weighted by Gasteiger charge is 2.23. The second-order valence-corrected chi connectivity index (χ2v) is 10.2. The van der Waals surface area contributed by atoms with Crippen LogP contribution >= 0.6 is 0 Å². The van der Waals surface area contributed by atoms with Crippen molar-refractivity contribution in [3.63, 3.8) is 0 Å². The quantitative estimate of drug-likeness (QED) is 0.322. The Hall–Kier alpha value is -3.98. The molecule has 36 heavy (non-hydrogen) atoms. The minimum Gasteiger partial charge on any atom is -0.319 e. The SMILES string of the molecule is CCCCc1nc2ccn(CC(=O)C(C)(C)C)c(=O)c2n1Cc1ccc(-c2ccccc2C#N)cc1. The van der Waals surface area contributed by atoms with Gasteiger partial charge in [0.2, 0.25) is 0 Å². The molecule has 0 aliphatic heterocycles. The van der Waals surface area contributed by atoms with Crippen molar-refractivity contribution >= 4 is 16.8 Å². The molecule has 2 heterocycles. The van der Waals surface area contributed by atoms with Crippen LogP contribution in [0.4, 0.5) is 0 Å². The van der Waals surface area contributed by atoms with E-state index >= 15 is 0 Å². The van der Waals surface area contributed by atoms with Crippen molar-refractivity contribution in [2.45, 2.75) is 60.0 Å². The second kappa shape index (κ2) is 10.3. The van der Waals surface area contributed by atoms with Crippen molar-refractivity contribution in [2.24, 2.45) is 5.41 Å². The number of carbonyl (C=O) groups excluding carboxylic acids is 1. The Morgan fingerprint density at radius 2 is 1.78 bits per heavy atom. The summed E-state index contributed by atoms with van der Waals surface area (Å²) in [6, 6.07) is 19.7. The highest BCUT2D eigenvalue weighted by Crippen LogP contribution is 2.25.